The van der Waals surface area contributed by atoms with Crippen molar-refractivity contribution in [3.8, 4) is 0 Å². The number of benzene rings is 1. The number of likely N-dealkylation sites (tertiary alicyclic amines) is 1. The molecule has 2 fully saturated rings. The molecule has 148 valence electrons. The van der Waals surface area contributed by atoms with Crippen molar-refractivity contribution in [2.45, 2.75) is 44.1 Å². The van der Waals surface area contributed by atoms with Crippen molar-refractivity contribution >= 4 is 11.8 Å². The zero-order chi connectivity index (χ0) is 19.8. The lowest BCUT2D eigenvalue weighted by atomic mass is 10.0. The monoisotopic (exact) mass is 388 g/mol. The van der Waals surface area contributed by atoms with Gasteiger partial charge in [-0.3, -0.25) is 19.8 Å². The molecule has 2 saturated heterocycles. The van der Waals surface area contributed by atoms with Gasteiger partial charge in [-0.15, -0.1) is 0 Å². The van der Waals surface area contributed by atoms with Crippen molar-refractivity contribution in [1.29, 1.82) is 0 Å². The van der Waals surface area contributed by atoms with Crippen LogP contribution in [0, 0.1) is 0 Å². The second kappa shape index (κ2) is 7.43. The normalized spacial score (nSPS) is 25.4. The molecule has 0 bridgehead atoms. The highest BCUT2D eigenvalue weighted by Gasteiger charge is 2.39. The summed E-state index contributed by atoms with van der Waals surface area (Å²) in [4.78, 5) is 26.0. The van der Waals surface area contributed by atoms with Crippen molar-refractivity contribution in [2.24, 2.45) is 0 Å². The molecule has 3 N–H and O–H groups in total. The average Bonchev–Trinajstić information content (AvgIpc) is 2.57. The quantitative estimate of drug-likeness (QED) is 0.680. The average molecular weight is 388 g/mol. The fourth-order valence-corrected chi connectivity index (χ4v) is 3.08. The van der Waals surface area contributed by atoms with Crippen LogP contribution in [0.4, 0.5) is 17.6 Å². The van der Waals surface area contributed by atoms with Gasteiger partial charge >= 0.3 is 6.18 Å². The predicted octanol–water partition coefficient (Wildman–Crippen LogP) is 1.30. The Morgan fingerprint density at radius 2 is 1.89 bits per heavy atom. The topological polar surface area (TPSA) is 73.5 Å². The highest BCUT2D eigenvalue weighted by atomic mass is 19.4. The molecule has 0 spiro atoms. The summed E-state index contributed by atoms with van der Waals surface area (Å²) in [6, 6.07) is 3.18. The molecule has 2 unspecified atom stereocenters. The Balaban J connectivity index is 1.59. The summed E-state index contributed by atoms with van der Waals surface area (Å²) in [7, 11) is 0. The van der Waals surface area contributed by atoms with E-state index in [0.717, 1.165) is 12.1 Å². The summed E-state index contributed by atoms with van der Waals surface area (Å²) < 4.78 is 50.9. The zero-order valence-electron chi connectivity index (χ0n) is 14.5. The fourth-order valence-electron chi connectivity index (χ4n) is 3.08. The fraction of sp³-hybridized carbons (Fsp3) is 0.529. The van der Waals surface area contributed by atoms with Gasteiger partial charge in [0.1, 0.15) is 12.5 Å². The van der Waals surface area contributed by atoms with Gasteiger partial charge in [-0.05, 0) is 24.6 Å². The molecule has 27 heavy (non-hydrogen) atoms. The van der Waals surface area contributed by atoms with Crippen molar-refractivity contribution in [2.75, 3.05) is 13.1 Å². The minimum atomic E-state index is -4.42. The van der Waals surface area contributed by atoms with E-state index in [-0.39, 0.29) is 25.4 Å². The molecular weight excluding hydrogens is 368 g/mol. The van der Waals surface area contributed by atoms with Gasteiger partial charge in [-0.2, -0.15) is 13.2 Å². The number of alkyl halides is 4. The molecule has 2 aliphatic heterocycles. The maximum atomic E-state index is 13.0. The molecule has 1 aromatic rings. The third-order valence-corrected chi connectivity index (χ3v) is 4.69. The molecule has 2 aliphatic rings. The van der Waals surface area contributed by atoms with E-state index in [2.05, 4.69) is 16.0 Å². The van der Waals surface area contributed by atoms with Crippen molar-refractivity contribution in [3.05, 3.63) is 35.4 Å². The number of amides is 2. The van der Waals surface area contributed by atoms with E-state index in [1.807, 2.05) is 0 Å². The third-order valence-electron chi connectivity index (χ3n) is 4.69. The molecular formula is C17H20F4N4O2. The van der Waals surface area contributed by atoms with E-state index >= 15 is 0 Å². The van der Waals surface area contributed by atoms with E-state index in [1.54, 1.807) is 11.8 Å². The molecule has 0 aliphatic carbocycles. The minimum Gasteiger partial charge on any atom is -0.348 e. The van der Waals surface area contributed by atoms with E-state index < -0.39 is 42.2 Å². The van der Waals surface area contributed by atoms with Crippen molar-refractivity contribution in [1.82, 2.24) is 20.9 Å². The lowest BCUT2D eigenvalue weighted by molar-refractivity contribution is -0.137. The van der Waals surface area contributed by atoms with Crippen LogP contribution in [0.1, 0.15) is 30.5 Å². The third kappa shape index (κ3) is 4.56. The van der Waals surface area contributed by atoms with Crippen LogP contribution in [-0.2, 0) is 15.8 Å². The van der Waals surface area contributed by atoms with E-state index in [9.17, 15) is 27.2 Å². The molecule has 0 radical (unpaired) electrons. The number of carbonyl (C=O) groups excluding carboxylic acids is 2. The molecule has 3 atom stereocenters. The van der Waals surface area contributed by atoms with Gasteiger partial charge in [0, 0.05) is 13.1 Å². The van der Waals surface area contributed by atoms with Crippen LogP contribution in [0.3, 0.4) is 0 Å². The standard InChI is InChI=1S/C17H20F4N4O2/c1-9(10-2-4-11(5-3-10)17(19,20)21)22-15(27)13-6-14(26)24-16(23-13)25-7-12(18)8-25/h2-5,9,12-13,16,23H,6-8H2,1H3,(H,22,27)(H,24,26)/t9-,13?,16?/m1/s1. The molecule has 2 heterocycles. The molecule has 1 aromatic carbocycles. The number of nitrogens with zero attached hydrogens (tertiary/aromatic N) is 1. The number of rotatable bonds is 4. The SMILES string of the molecule is C[C@@H](NC(=O)C1CC(=O)NC(N2CC(F)C2)N1)c1ccc(C(F)(F)F)cc1. The summed E-state index contributed by atoms with van der Waals surface area (Å²) in [5.41, 5.74) is -0.255. The van der Waals surface area contributed by atoms with Gasteiger partial charge < -0.3 is 10.6 Å². The Morgan fingerprint density at radius 1 is 1.26 bits per heavy atom. The summed E-state index contributed by atoms with van der Waals surface area (Å²) in [5.74, 6) is -0.775. The first-order valence-corrected chi connectivity index (χ1v) is 8.54. The highest BCUT2D eigenvalue weighted by molar-refractivity contribution is 5.89. The van der Waals surface area contributed by atoms with E-state index in [4.69, 9.17) is 0 Å². The van der Waals surface area contributed by atoms with Crippen molar-refractivity contribution < 1.29 is 27.2 Å². The Labute approximate surface area is 153 Å². The van der Waals surface area contributed by atoms with Crippen LogP contribution < -0.4 is 16.0 Å². The molecule has 6 nitrogen and oxygen atoms in total. The van der Waals surface area contributed by atoms with Gasteiger partial charge in [-0.25, -0.2) is 4.39 Å². The van der Waals surface area contributed by atoms with E-state index in [1.165, 1.54) is 12.1 Å². The van der Waals surface area contributed by atoms with Gasteiger partial charge in [0.25, 0.3) is 0 Å². The first-order valence-electron chi connectivity index (χ1n) is 8.54. The summed E-state index contributed by atoms with van der Waals surface area (Å²) in [5, 5.41) is 8.30. The second-order valence-corrected chi connectivity index (χ2v) is 6.79. The summed E-state index contributed by atoms with van der Waals surface area (Å²) >= 11 is 0. The van der Waals surface area contributed by atoms with Gasteiger partial charge in [-0.1, -0.05) is 12.1 Å². The second-order valence-electron chi connectivity index (χ2n) is 6.79. The number of nitrogens with one attached hydrogen (secondary N) is 3. The van der Waals surface area contributed by atoms with Crippen molar-refractivity contribution in [3.63, 3.8) is 0 Å². The Morgan fingerprint density at radius 3 is 2.44 bits per heavy atom. The largest absolute Gasteiger partial charge is 0.416 e. The first-order chi connectivity index (χ1) is 12.6. The lowest BCUT2D eigenvalue weighted by Gasteiger charge is -2.44. The number of carbonyl (C=O) groups is 2. The summed E-state index contributed by atoms with van der Waals surface area (Å²) in [6.07, 6.45) is -6.06. The maximum Gasteiger partial charge on any atom is 0.416 e. The number of hydrogen-bond donors (Lipinski definition) is 3. The van der Waals surface area contributed by atoms with Crippen LogP contribution in [-0.4, -0.2) is 48.3 Å². The van der Waals surface area contributed by atoms with E-state index in [0.29, 0.717) is 5.56 Å². The van der Waals surface area contributed by atoms with Crippen LogP contribution in [0.25, 0.3) is 0 Å². The molecule has 0 aromatic heterocycles. The van der Waals surface area contributed by atoms with Crippen LogP contribution in [0.5, 0.6) is 0 Å². The van der Waals surface area contributed by atoms with Crippen LogP contribution in [0.15, 0.2) is 24.3 Å². The van der Waals surface area contributed by atoms with Crippen LogP contribution in [0.2, 0.25) is 0 Å². The molecule has 0 saturated carbocycles. The first kappa shape index (κ1) is 19.6. The Kier molecular flexibility index (Phi) is 5.38. The van der Waals surface area contributed by atoms with Crippen LogP contribution >= 0.6 is 0 Å². The number of hydrogen-bond acceptors (Lipinski definition) is 4. The molecule has 3 rings (SSSR count). The Hall–Kier alpha value is -2.20. The maximum absolute atomic E-state index is 13.0. The highest BCUT2D eigenvalue weighted by Crippen LogP contribution is 2.30. The van der Waals surface area contributed by atoms with Gasteiger partial charge in [0.15, 0.2) is 0 Å². The summed E-state index contributed by atoms with van der Waals surface area (Å²) in [6.45, 7) is 1.99. The zero-order valence-corrected chi connectivity index (χ0v) is 14.5. The van der Waals surface area contributed by atoms with Gasteiger partial charge in [0.05, 0.1) is 24.1 Å². The Bertz CT molecular complexity index is 704. The molecule has 2 amide bonds. The predicted molar refractivity (Wildman–Crippen MR) is 87.9 cm³/mol. The molecule has 10 heteroatoms. The minimum absolute atomic E-state index is 0.0744. The number of halogens is 4. The smallest absolute Gasteiger partial charge is 0.348 e. The lowest BCUT2D eigenvalue weighted by Crippen LogP contribution is -2.70. The van der Waals surface area contributed by atoms with Gasteiger partial charge in [0.2, 0.25) is 11.8 Å².